The van der Waals surface area contributed by atoms with E-state index in [0.29, 0.717) is 12.2 Å². The first-order chi connectivity index (χ1) is 8.94. The van der Waals surface area contributed by atoms with Crippen molar-refractivity contribution in [1.82, 2.24) is 9.97 Å². The van der Waals surface area contributed by atoms with Crippen LogP contribution >= 0.6 is 11.8 Å². The van der Waals surface area contributed by atoms with E-state index in [1.807, 2.05) is 6.92 Å². The molecule has 1 heterocycles. The van der Waals surface area contributed by atoms with Crippen LogP contribution in [0.3, 0.4) is 0 Å². The Labute approximate surface area is 112 Å². The number of halogens is 3. The van der Waals surface area contributed by atoms with E-state index in [1.54, 1.807) is 24.4 Å². The SMILES string of the molecule is Cc1ncc(CNc2ccccc2SC(F)(F)F)[nH]1. The Hall–Kier alpha value is -1.63. The van der Waals surface area contributed by atoms with Crippen molar-refractivity contribution in [1.29, 1.82) is 0 Å². The number of para-hydroxylation sites is 1. The fourth-order valence-electron chi connectivity index (χ4n) is 1.58. The maximum atomic E-state index is 12.4. The van der Waals surface area contributed by atoms with Crippen molar-refractivity contribution < 1.29 is 13.2 Å². The van der Waals surface area contributed by atoms with Crippen LogP contribution in [0, 0.1) is 6.92 Å². The van der Waals surface area contributed by atoms with Crippen LogP contribution in [0.5, 0.6) is 0 Å². The second-order valence-electron chi connectivity index (χ2n) is 3.89. The van der Waals surface area contributed by atoms with Gasteiger partial charge in [0, 0.05) is 10.6 Å². The number of rotatable bonds is 4. The Morgan fingerprint density at radius 3 is 2.68 bits per heavy atom. The number of thioether (sulfide) groups is 1. The number of anilines is 1. The highest BCUT2D eigenvalue weighted by Gasteiger charge is 2.30. The Kier molecular flexibility index (Phi) is 4.04. The number of aromatic amines is 1. The van der Waals surface area contributed by atoms with Crippen molar-refractivity contribution >= 4 is 17.4 Å². The van der Waals surface area contributed by atoms with Gasteiger partial charge in [-0.05, 0) is 30.8 Å². The van der Waals surface area contributed by atoms with E-state index in [-0.39, 0.29) is 16.7 Å². The third kappa shape index (κ3) is 4.20. The number of hydrogen-bond acceptors (Lipinski definition) is 3. The smallest absolute Gasteiger partial charge is 0.379 e. The summed E-state index contributed by atoms with van der Waals surface area (Å²) in [6, 6.07) is 6.34. The molecule has 0 aliphatic rings. The van der Waals surface area contributed by atoms with E-state index >= 15 is 0 Å². The second kappa shape index (κ2) is 5.56. The number of nitrogens with zero attached hydrogens (tertiary/aromatic N) is 1. The van der Waals surface area contributed by atoms with E-state index in [0.717, 1.165) is 11.5 Å². The predicted octanol–water partition coefficient (Wildman–Crippen LogP) is 3.94. The second-order valence-corrected chi connectivity index (χ2v) is 5.00. The highest BCUT2D eigenvalue weighted by atomic mass is 32.2. The number of alkyl halides is 3. The summed E-state index contributed by atoms with van der Waals surface area (Å²) in [4.78, 5) is 7.20. The van der Waals surface area contributed by atoms with Crippen LogP contribution in [-0.4, -0.2) is 15.5 Å². The number of benzene rings is 1. The minimum atomic E-state index is -4.29. The zero-order valence-electron chi connectivity index (χ0n) is 10.1. The third-order valence-electron chi connectivity index (χ3n) is 2.34. The molecule has 2 aromatic rings. The Morgan fingerprint density at radius 1 is 1.32 bits per heavy atom. The standard InChI is InChI=1S/C12H12F3N3S/c1-8-16-6-9(18-8)7-17-10-4-2-3-5-11(10)19-12(13,14)15/h2-6,17H,7H2,1H3,(H,16,18). The Bertz CT molecular complexity index is 551. The van der Waals surface area contributed by atoms with Gasteiger partial charge in [-0.3, -0.25) is 0 Å². The third-order valence-corrected chi connectivity index (χ3v) is 3.14. The van der Waals surface area contributed by atoms with Crippen LogP contribution < -0.4 is 5.32 Å². The molecule has 0 unspecified atom stereocenters. The summed E-state index contributed by atoms with van der Waals surface area (Å²) in [5, 5.41) is 2.97. The van der Waals surface area contributed by atoms with Crippen molar-refractivity contribution in [2.24, 2.45) is 0 Å². The summed E-state index contributed by atoms with van der Waals surface area (Å²) in [7, 11) is 0. The summed E-state index contributed by atoms with van der Waals surface area (Å²) in [6.07, 6.45) is 1.65. The minimum Gasteiger partial charge on any atom is -0.379 e. The molecule has 0 saturated carbocycles. The van der Waals surface area contributed by atoms with Gasteiger partial charge in [-0.25, -0.2) is 4.98 Å². The molecule has 0 bridgehead atoms. The average Bonchev–Trinajstić information content (AvgIpc) is 2.72. The van der Waals surface area contributed by atoms with Crippen molar-refractivity contribution in [3.05, 3.63) is 42.0 Å². The first kappa shape index (κ1) is 13.8. The van der Waals surface area contributed by atoms with Gasteiger partial charge < -0.3 is 10.3 Å². The molecule has 0 aliphatic carbocycles. The van der Waals surface area contributed by atoms with Gasteiger partial charge in [0.2, 0.25) is 0 Å². The Morgan fingerprint density at radius 2 is 2.05 bits per heavy atom. The molecule has 2 N–H and O–H groups in total. The summed E-state index contributed by atoms with van der Waals surface area (Å²) in [5.74, 6) is 0.773. The highest BCUT2D eigenvalue weighted by Crippen LogP contribution is 2.40. The quantitative estimate of drug-likeness (QED) is 0.837. The maximum Gasteiger partial charge on any atom is 0.446 e. The predicted molar refractivity (Wildman–Crippen MR) is 69.0 cm³/mol. The summed E-state index contributed by atoms with van der Waals surface area (Å²) < 4.78 is 37.2. The molecule has 1 aromatic carbocycles. The molecule has 102 valence electrons. The molecule has 0 radical (unpaired) electrons. The fraction of sp³-hybridized carbons (Fsp3) is 0.250. The molecule has 0 aliphatic heterocycles. The molecular formula is C12H12F3N3S. The average molecular weight is 287 g/mol. The maximum absolute atomic E-state index is 12.4. The highest BCUT2D eigenvalue weighted by molar-refractivity contribution is 8.00. The summed E-state index contributed by atoms with van der Waals surface area (Å²) in [6.45, 7) is 2.22. The van der Waals surface area contributed by atoms with Crippen LogP contribution in [0.15, 0.2) is 35.4 Å². The van der Waals surface area contributed by atoms with Crippen LogP contribution in [-0.2, 0) is 6.54 Å². The monoisotopic (exact) mass is 287 g/mol. The summed E-state index contributed by atoms with van der Waals surface area (Å²) in [5.41, 5.74) is -3.01. The zero-order valence-corrected chi connectivity index (χ0v) is 10.9. The molecular weight excluding hydrogens is 275 g/mol. The van der Waals surface area contributed by atoms with E-state index in [4.69, 9.17) is 0 Å². The topological polar surface area (TPSA) is 40.7 Å². The summed E-state index contributed by atoms with van der Waals surface area (Å²) >= 11 is -0.121. The number of aromatic nitrogens is 2. The van der Waals surface area contributed by atoms with Gasteiger partial charge in [0.05, 0.1) is 18.4 Å². The lowest BCUT2D eigenvalue weighted by atomic mass is 10.3. The largest absolute Gasteiger partial charge is 0.446 e. The molecule has 1 aromatic heterocycles. The molecule has 0 fully saturated rings. The van der Waals surface area contributed by atoms with E-state index in [2.05, 4.69) is 15.3 Å². The normalized spacial score (nSPS) is 11.6. The van der Waals surface area contributed by atoms with Crippen LogP contribution in [0.1, 0.15) is 11.5 Å². The van der Waals surface area contributed by atoms with Crippen molar-refractivity contribution in [2.45, 2.75) is 23.9 Å². The first-order valence-electron chi connectivity index (χ1n) is 5.53. The van der Waals surface area contributed by atoms with Crippen LogP contribution in [0.25, 0.3) is 0 Å². The molecule has 0 amide bonds. The van der Waals surface area contributed by atoms with Gasteiger partial charge in [-0.15, -0.1) is 0 Å². The molecule has 19 heavy (non-hydrogen) atoms. The molecule has 3 nitrogen and oxygen atoms in total. The van der Waals surface area contributed by atoms with Gasteiger partial charge in [-0.1, -0.05) is 12.1 Å². The molecule has 7 heteroatoms. The van der Waals surface area contributed by atoms with Crippen LogP contribution in [0.4, 0.5) is 18.9 Å². The lowest BCUT2D eigenvalue weighted by Crippen LogP contribution is -2.04. The van der Waals surface area contributed by atoms with E-state index < -0.39 is 5.51 Å². The molecule has 0 spiro atoms. The Balaban J connectivity index is 2.07. The minimum absolute atomic E-state index is 0.121. The van der Waals surface area contributed by atoms with Crippen molar-refractivity contribution in [2.75, 3.05) is 5.32 Å². The van der Waals surface area contributed by atoms with E-state index in [9.17, 15) is 13.2 Å². The number of aryl methyl sites for hydroxylation is 1. The molecule has 0 saturated heterocycles. The van der Waals surface area contributed by atoms with Gasteiger partial charge in [0.15, 0.2) is 0 Å². The van der Waals surface area contributed by atoms with Gasteiger partial charge in [0.1, 0.15) is 5.82 Å². The number of imidazole rings is 1. The van der Waals surface area contributed by atoms with Crippen molar-refractivity contribution in [3.8, 4) is 0 Å². The fourth-order valence-corrected chi connectivity index (χ4v) is 2.22. The van der Waals surface area contributed by atoms with E-state index in [1.165, 1.54) is 6.07 Å². The zero-order chi connectivity index (χ0) is 13.9. The number of hydrogen-bond donors (Lipinski definition) is 2. The number of nitrogens with one attached hydrogen (secondary N) is 2. The molecule has 2 rings (SSSR count). The van der Waals surface area contributed by atoms with Crippen LogP contribution in [0.2, 0.25) is 0 Å². The van der Waals surface area contributed by atoms with Gasteiger partial charge in [0.25, 0.3) is 0 Å². The first-order valence-corrected chi connectivity index (χ1v) is 6.35. The lowest BCUT2D eigenvalue weighted by molar-refractivity contribution is -0.0327. The lowest BCUT2D eigenvalue weighted by Gasteiger charge is -2.12. The van der Waals surface area contributed by atoms with Crippen molar-refractivity contribution in [3.63, 3.8) is 0 Å². The number of H-pyrrole nitrogens is 1. The molecule has 0 atom stereocenters. The van der Waals surface area contributed by atoms with Gasteiger partial charge in [-0.2, -0.15) is 13.2 Å². The van der Waals surface area contributed by atoms with Gasteiger partial charge >= 0.3 is 5.51 Å².